The molecule has 1 aliphatic rings. The SMILES string of the molecule is CCCNC(=NCC1CCCOC1C(C)(C)C)NCC. The van der Waals surface area contributed by atoms with E-state index in [1.807, 2.05) is 0 Å². The van der Waals surface area contributed by atoms with E-state index in [0.717, 1.165) is 45.0 Å². The predicted octanol–water partition coefficient (Wildman–Crippen LogP) is 2.79. The van der Waals surface area contributed by atoms with E-state index in [2.05, 4.69) is 45.3 Å². The van der Waals surface area contributed by atoms with Gasteiger partial charge in [-0.05, 0) is 31.6 Å². The van der Waals surface area contributed by atoms with Crippen molar-refractivity contribution in [1.29, 1.82) is 0 Å². The molecule has 20 heavy (non-hydrogen) atoms. The van der Waals surface area contributed by atoms with E-state index in [1.54, 1.807) is 0 Å². The highest BCUT2D eigenvalue weighted by Crippen LogP contribution is 2.34. The summed E-state index contributed by atoms with van der Waals surface area (Å²) in [5.74, 6) is 1.47. The van der Waals surface area contributed by atoms with Gasteiger partial charge in [0.15, 0.2) is 5.96 Å². The Labute approximate surface area is 124 Å². The molecule has 0 amide bonds. The molecule has 0 spiro atoms. The summed E-state index contributed by atoms with van der Waals surface area (Å²) in [5, 5.41) is 6.67. The maximum atomic E-state index is 6.02. The summed E-state index contributed by atoms with van der Waals surface area (Å²) < 4.78 is 6.02. The van der Waals surface area contributed by atoms with Gasteiger partial charge in [0.2, 0.25) is 0 Å². The average molecular weight is 283 g/mol. The minimum Gasteiger partial charge on any atom is -0.377 e. The number of nitrogens with zero attached hydrogens (tertiary/aromatic N) is 1. The second kappa shape index (κ2) is 8.50. The zero-order chi connectivity index (χ0) is 15.0. The lowest BCUT2D eigenvalue weighted by Crippen LogP contribution is -2.42. The van der Waals surface area contributed by atoms with Crippen LogP contribution in [0.15, 0.2) is 4.99 Å². The second-order valence-electron chi connectivity index (χ2n) is 6.71. The first-order valence-corrected chi connectivity index (χ1v) is 8.12. The van der Waals surface area contributed by atoms with Crippen LogP contribution in [-0.4, -0.2) is 38.3 Å². The maximum absolute atomic E-state index is 6.02. The van der Waals surface area contributed by atoms with E-state index in [4.69, 9.17) is 9.73 Å². The Morgan fingerprint density at radius 2 is 2.00 bits per heavy atom. The first-order valence-electron chi connectivity index (χ1n) is 8.12. The number of rotatable bonds is 5. The van der Waals surface area contributed by atoms with Gasteiger partial charge in [0, 0.05) is 32.2 Å². The van der Waals surface area contributed by atoms with Gasteiger partial charge in [-0.25, -0.2) is 0 Å². The zero-order valence-corrected chi connectivity index (χ0v) is 14.0. The normalized spacial score (nSPS) is 24.6. The molecular formula is C16H33N3O. The molecule has 2 atom stereocenters. The zero-order valence-electron chi connectivity index (χ0n) is 14.0. The maximum Gasteiger partial charge on any atom is 0.191 e. The molecule has 0 aliphatic carbocycles. The van der Waals surface area contributed by atoms with Crippen LogP contribution in [0.1, 0.15) is 53.9 Å². The lowest BCUT2D eigenvalue weighted by molar-refractivity contribution is -0.0823. The number of ether oxygens (including phenoxy) is 1. The molecule has 0 aromatic heterocycles. The summed E-state index contributed by atoms with van der Waals surface area (Å²) >= 11 is 0. The summed E-state index contributed by atoms with van der Waals surface area (Å²) in [5.41, 5.74) is 0.190. The summed E-state index contributed by atoms with van der Waals surface area (Å²) in [6.45, 7) is 14.7. The minimum absolute atomic E-state index is 0.190. The molecule has 118 valence electrons. The number of nitrogens with one attached hydrogen (secondary N) is 2. The molecule has 1 aliphatic heterocycles. The van der Waals surface area contributed by atoms with Crippen LogP contribution < -0.4 is 10.6 Å². The molecule has 4 nitrogen and oxygen atoms in total. The Hall–Kier alpha value is -0.770. The first-order chi connectivity index (χ1) is 9.49. The molecule has 0 saturated carbocycles. The Morgan fingerprint density at radius 1 is 1.25 bits per heavy atom. The van der Waals surface area contributed by atoms with E-state index in [1.165, 1.54) is 6.42 Å². The third-order valence-corrected chi connectivity index (χ3v) is 3.67. The molecule has 4 heteroatoms. The van der Waals surface area contributed by atoms with Crippen LogP contribution in [0.25, 0.3) is 0 Å². The van der Waals surface area contributed by atoms with E-state index in [0.29, 0.717) is 12.0 Å². The fourth-order valence-corrected chi connectivity index (χ4v) is 2.78. The molecule has 0 bridgehead atoms. The van der Waals surface area contributed by atoms with E-state index >= 15 is 0 Å². The van der Waals surface area contributed by atoms with E-state index < -0.39 is 0 Å². The Morgan fingerprint density at radius 3 is 2.60 bits per heavy atom. The smallest absolute Gasteiger partial charge is 0.191 e. The fourth-order valence-electron chi connectivity index (χ4n) is 2.78. The number of aliphatic imine (C=N–C) groups is 1. The average Bonchev–Trinajstić information content (AvgIpc) is 2.41. The number of guanidine groups is 1. The Kier molecular flexibility index (Phi) is 7.35. The monoisotopic (exact) mass is 283 g/mol. The summed E-state index contributed by atoms with van der Waals surface area (Å²) in [7, 11) is 0. The van der Waals surface area contributed by atoms with Crippen LogP contribution in [0.3, 0.4) is 0 Å². The highest BCUT2D eigenvalue weighted by atomic mass is 16.5. The van der Waals surface area contributed by atoms with E-state index in [-0.39, 0.29) is 5.41 Å². The van der Waals surface area contributed by atoms with Gasteiger partial charge < -0.3 is 15.4 Å². The van der Waals surface area contributed by atoms with Crippen LogP contribution in [-0.2, 0) is 4.74 Å². The summed E-state index contributed by atoms with van der Waals surface area (Å²) in [6.07, 6.45) is 3.81. The molecule has 1 rings (SSSR count). The van der Waals surface area contributed by atoms with Gasteiger partial charge in [-0.1, -0.05) is 27.7 Å². The fraction of sp³-hybridized carbons (Fsp3) is 0.938. The van der Waals surface area contributed by atoms with Crippen LogP contribution >= 0.6 is 0 Å². The van der Waals surface area contributed by atoms with E-state index in [9.17, 15) is 0 Å². The third-order valence-electron chi connectivity index (χ3n) is 3.67. The van der Waals surface area contributed by atoms with Crippen molar-refractivity contribution in [2.45, 2.75) is 60.0 Å². The summed E-state index contributed by atoms with van der Waals surface area (Å²) in [6, 6.07) is 0. The molecule has 2 unspecified atom stereocenters. The van der Waals surface area contributed by atoms with Gasteiger partial charge >= 0.3 is 0 Å². The Bertz CT molecular complexity index is 297. The van der Waals surface area contributed by atoms with Crippen LogP contribution in [0.2, 0.25) is 0 Å². The number of hydrogen-bond acceptors (Lipinski definition) is 2. The highest BCUT2D eigenvalue weighted by Gasteiger charge is 2.35. The molecule has 0 aromatic carbocycles. The second-order valence-corrected chi connectivity index (χ2v) is 6.71. The van der Waals surface area contributed by atoms with Crippen molar-refractivity contribution in [1.82, 2.24) is 10.6 Å². The molecule has 1 fully saturated rings. The topological polar surface area (TPSA) is 45.7 Å². The van der Waals surface area contributed by atoms with Crippen molar-refractivity contribution in [2.24, 2.45) is 16.3 Å². The van der Waals surface area contributed by atoms with Gasteiger partial charge in [0.05, 0.1) is 6.10 Å². The van der Waals surface area contributed by atoms with Crippen LogP contribution in [0.5, 0.6) is 0 Å². The lowest BCUT2D eigenvalue weighted by atomic mass is 9.78. The molecule has 1 heterocycles. The molecular weight excluding hydrogens is 250 g/mol. The van der Waals surface area contributed by atoms with Crippen LogP contribution in [0, 0.1) is 11.3 Å². The van der Waals surface area contributed by atoms with Crippen molar-refractivity contribution in [3.05, 3.63) is 0 Å². The third kappa shape index (κ3) is 5.70. The predicted molar refractivity (Wildman–Crippen MR) is 86.2 cm³/mol. The van der Waals surface area contributed by atoms with Gasteiger partial charge in [0.25, 0.3) is 0 Å². The van der Waals surface area contributed by atoms with Crippen molar-refractivity contribution >= 4 is 5.96 Å². The van der Waals surface area contributed by atoms with Gasteiger partial charge in [-0.3, -0.25) is 4.99 Å². The van der Waals surface area contributed by atoms with Gasteiger partial charge in [-0.15, -0.1) is 0 Å². The number of hydrogen-bond donors (Lipinski definition) is 2. The lowest BCUT2D eigenvalue weighted by Gasteiger charge is -2.39. The highest BCUT2D eigenvalue weighted by molar-refractivity contribution is 5.79. The molecule has 0 radical (unpaired) electrons. The van der Waals surface area contributed by atoms with Gasteiger partial charge in [-0.2, -0.15) is 0 Å². The van der Waals surface area contributed by atoms with Crippen molar-refractivity contribution in [2.75, 3.05) is 26.2 Å². The van der Waals surface area contributed by atoms with Crippen LogP contribution in [0.4, 0.5) is 0 Å². The van der Waals surface area contributed by atoms with Crippen molar-refractivity contribution in [3.63, 3.8) is 0 Å². The standard InChI is InChI=1S/C16H33N3O/c1-6-10-18-15(17-7-2)19-12-13-9-8-11-20-14(13)16(3,4)5/h13-14H,6-12H2,1-5H3,(H2,17,18,19). The molecule has 1 saturated heterocycles. The summed E-state index contributed by atoms with van der Waals surface area (Å²) in [4.78, 5) is 4.75. The Balaban J connectivity index is 2.62. The van der Waals surface area contributed by atoms with Crippen molar-refractivity contribution < 1.29 is 4.74 Å². The minimum atomic E-state index is 0.190. The van der Waals surface area contributed by atoms with Crippen molar-refractivity contribution in [3.8, 4) is 0 Å². The largest absolute Gasteiger partial charge is 0.377 e. The molecule has 2 N–H and O–H groups in total. The first kappa shape index (κ1) is 17.3. The van der Waals surface area contributed by atoms with Gasteiger partial charge in [0.1, 0.15) is 0 Å². The quantitative estimate of drug-likeness (QED) is 0.602. The molecule has 0 aromatic rings.